The first-order chi connectivity index (χ1) is 16.3. The van der Waals surface area contributed by atoms with Gasteiger partial charge in [-0.15, -0.1) is 0 Å². The number of halogens is 1. The van der Waals surface area contributed by atoms with E-state index in [0.717, 1.165) is 14.3 Å². The third-order valence-electron chi connectivity index (χ3n) is 5.11. The van der Waals surface area contributed by atoms with Crippen LogP contribution in [0.2, 0.25) is 0 Å². The summed E-state index contributed by atoms with van der Waals surface area (Å²) in [6, 6.07) is 19.9. The summed E-state index contributed by atoms with van der Waals surface area (Å²) in [5, 5.41) is 2.88. The second-order valence-corrected chi connectivity index (χ2v) is 10.2. The molecule has 0 aliphatic rings. The van der Waals surface area contributed by atoms with Crippen LogP contribution in [0.1, 0.15) is 25.5 Å². The predicted octanol–water partition coefficient (Wildman–Crippen LogP) is 4.93. The number of para-hydroxylation sites is 1. The zero-order chi connectivity index (χ0) is 24.7. The summed E-state index contributed by atoms with van der Waals surface area (Å²) in [4.78, 5) is 13.1. The van der Waals surface area contributed by atoms with Crippen LogP contribution in [0.15, 0.2) is 82.2 Å². The number of nitrogens with zero attached hydrogens (tertiary/aromatic N) is 1. The number of anilines is 1. The van der Waals surface area contributed by atoms with Crippen molar-refractivity contribution in [2.24, 2.45) is 0 Å². The summed E-state index contributed by atoms with van der Waals surface area (Å²) >= 11 is 3.32. The zero-order valence-electron chi connectivity index (χ0n) is 19.2. The number of hydrogen-bond donors (Lipinski definition) is 1. The average Bonchev–Trinajstić information content (AvgIpc) is 2.83. The van der Waals surface area contributed by atoms with Gasteiger partial charge in [-0.25, -0.2) is 8.42 Å². The molecule has 0 bridgehead atoms. The quantitative estimate of drug-likeness (QED) is 0.389. The molecule has 0 radical (unpaired) electrons. The maximum absolute atomic E-state index is 13.5. The molecule has 0 spiro atoms. The van der Waals surface area contributed by atoms with Crippen LogP contribution in [-0.2, 0) is 14.8 Å². The molecule has 3 aromatic carbocycles. The minimum Gasteiger partial charge on any atom is -0.496 e. The normalized spacial score (nSPS) is 12.0. The lowest BCUT2D eigenvalue weighted by Crippen LogP contribution is -2.41. The van der Waals surface area contributed by atoms with E-state index < -0.39 is 22.5 Å². The Kier molecular flexibility index (Phi) is 8.57. The van der Waals surface area contributed by atoms with E-state index in [1.807, 2.05) is 38.1 Å². The van der Waals surface area contributed by atoms with Crippen molar-refractivity contribution in [2.45, 2.75) is 24.8 Å². The van der Waals surface area contributed by atoms with Gasteiger partial charge in [0.1, 0.15) is 18.0 Å². The van der Waals surface area contributed by atoms with Gasteiger partial charge in [0.2, 0.25) is 5.91 Å². The van der Waals surface area contributed by atoms with Crippen LogP contribution in [0.5, 0.6) is 11.5 Å². The van der Waals surface area contributed by atoms with Crippen LogP contribution >= 0.6 is 15.9 Å². The Morgan fingerprint density at radius 3 is 2.29 bits per heavy atom. The molecule has 9 heteroatoms. The number of nitrogens with one attached hydrogen (secondary N) is 1. The van der Waals surface area contributed by atoms with E-state index in [9.17, 15) is 13.2 Å². The summed E-state index contributed by atoms with van der Waals surface area (Å²) in [7, 11) is -2.46. The van der Waals surface area contributed by atoms with E-state index >= 15 is 0 Å². The first kappa shape index (κ1) is 25.6. The second-order valence-electron chi connectivity index (χ2n) is 7.42. The molecule has 0 heterocycles. The van der Waals surface area contributed by atoms with Crippen molar-refractivity contribution in [3.8, 4) is 11.5 Å². The molecule has 1 atom stereocenters. The van der Waals surface area contributed by atoms with E-state index in [1.54, 1.807) is 43.5 Å². The van der Waals surface area contributed by atoms with Gasteiger partial charge in [-0.05, 0) is 68.4 Å². The lowest BCUT2D eigenvalue weighted by Gasteiger charge is -2.25. The van der Waals surface area contributed by atoms with E-state index in [1.165, 1.54) is 12.1 Å². The van der Waals surface area contributed by atoms with Crippen molar-refractivity contribution in [1.29, 1.82) is 0 Å². The molecule has 7 nitrogen and oxygen atoms in total. The number of rotatable bonds is 10. The van der Waals surface area contributed by atoms with Crippen molar-refractivity contribution in [3.05, 3.63) is 82.8 Å². The SMILES string of the molecule is CCOc1ccc(N(CC(=O)NC(C)c2ccccc2OC)S(=O)(=O)c2ccc(Br)cc2)cc1. The molecule has 3 rings (SSSR count). The minimum atomic E-state index is -4.02. The molecular formula is C25H27BrN2O5S. The number of methoxy groups -OCH3 is 1. The van der Waals surface area contributed by atoms with Crippen LogP contribution < -0.4 is 19.1 Å². The molecule has 0 aliphatic heterocycles. The maximum atomic E-state index is 13.5. The van der Waals surface area contributed by atoms with Crippen molar-refractivity contribution in [1.82, 2.24) is 5.32 Å². The highest BCUT2D eigenvalue weighted by Crippen LogP contribution is 2.28. The van der Waals surface area contributed by atoms with Gasteiger partial charge in [0.15, 0.2) is 0 Å². The number of ether oxygens (including phenoxy) is 2. The fraction of sp³-hybridized carbons (Fsp3) is 0.240. The number of carbonyl (C=O) groups is 1. The summed E-state index contributed by atoms with van der Waals surface area (Å²) in [6.07, 6.45) is 0. The average molecular weight is 547 g/mol. The highest BCUT2D eigenvalue weighted by molar-refractivity contribution is 9.10. The van der Waals surface area contributed by atoms with Gasteiger partial charge in [-0.2, -0.15) is 0 Å². The van der Waals surface area contributed by atoms with Crippen LogP contribution in [0, 0.1) is 0 Å². The standard InChI is InChI=1S/C25H27BrN2O5S/c1-4-33-21-13-11-20(12-14-21)28(34(30,31)22-15-9-19(26)10-16-22)17-25(29)27-18(2)23-7-5-6-8-24(23)32-3/h5-16,18H,4,17H2,1-3H3,(H,27,29). The molecule has 1 unspecified atom stereocenters. The van der Waals surface area contributed by atoms with Crippen LogP contribution in [0.4, 0.5) is 5.69 Å². The molecule has 0 saturated heterocycles. The molecule has 0 aromatic heterocycles. The number of hydrogen-bond acceptors (Lipinski definition) is 5. The Morgan fingerprint density at radius 2 is 1.68 bits per heavy atom. The topological polar surface area (TPSA) is 84.9 Å². The van der Waals surface area contributed by atoms with Gasteiger partial charge in [0.05, 0.1) is 30.3 Å². The number of amides is 1. The molecule has 1 amide bonds. The molecule has 0 saturated carbocycles. The van der Waals surface area contributed by atoms with Crippen molar-refractivity contribution < 1.29 is 22.7 Å². The molecule has 0 fully saturated rings. The van der Waals surface area contributed by atoms with Gasteiger partial charge >= 0.3 is 0 Å². The Bertz CT molecular complexity index is 1210. The smallest absolute Gasteiger partial charge is 0.264 e. The molecule has 3 aromatic rings. The molecule has 180 valence electrons. The van der Waals surface area contributed by atoms with E-state index in [2.05, 4.69) is 21.2 Å². The minimum absolute atomic E-state index is 0.0789. The first-order valence-electron chi connectivity index (χ1n) is 10.7. The van der Waals surface area contributed by atoms with Crippen LogP contribution in [0.3, 0.4) is 0 Å². The lowest BCUT2D eigenvalue weighted by molar-refractivity contribution is -0.120. The van der Waals surface area contributed by atoms with Crippen molar-refractivity contribution in [2.75, 3.05) is 24.6 Å². The van der Waals surface area contributed by atoms with E-state index in [4.69, 9.17) is 9.47 Å². The fourth-order valence-electron chi connectivity index (χ4n) is 3.44. The summed E-state index contributed by atoms with van der Waals surface area (Å²) < 4.78 is 39.7. The largest absolute Gasteiger partial charge is 0.496 e. The third-order valence-corrected chi connectivity index (χ3v) is 7.42. The Balaban J connectivity index is 1.90. The Hall–Kier alpha value is -3.04. The predicted molar refractivity (Wildman–Crippen MR) is 136 cm³/mol. The van der Waals surface area contributed by atoms with Gasteiger partial charge in [0, 0.05) is 10.0 Å². The van der Waals surface area contributed by atoms with Gasteiger partial charge in [-0.1, -0.05) is 34.1 Å². The van der Waals surface area contributed by atoms with Crippen LogP contribution in [0.25, 0.3) is 0 Å². The highest BCUT2D eigenvalue weighted by Gasteiger charge is 2.28. The van der Waals surface area contributed by atoms with Gasteiger partial charge < -0.3 is 14.8 Å². The number of benzene rings is 3. The van der Waals surface area contributed by atoms with Gasteiger partial charge in [-0.3, -0.25) is 9.10 Å². The number of carbonyl (C=O) groups excluding carboxylic acids is 1. The summed E-state index contributed by atoms with van der Waals surface area (Å²) in [5.74, 6) is 0.801. The molecule has 1 N–H and O–H groups in total. The fourth-order valence-corrected chi connectivity index (χ4v) is 5.13. The van der Waals surface area contributed by atoms with E-state index in [0.29, 0.717) is 23.8 Å². The summed E-state index contributed by atoms with van der Waals surface area (Å²) in [6.45, 7) is 3.78. The van der Waals surface area contributed by atoms with Gasteiger partial charge in [0.25, 0.3) is 10.0 Å². The Morgan fingerprint density at radius 1 is 1.03 bits per heavy atom. The van der Waals surface area contributed by atoms with Crippen LogP contribution in [-0.4, -0.2) is 34.6 Å². The first-order valence-corrected chi connectivity index (χ1v) is 12.9. The second kappa shape index (κ2) is 11.4. The maximum Gasteiger partial charge on any atom is 0.264 e. The summed E-state index contributed by atoms with van der Waals surface area (Å²) in [5.41, 5.74) is 1.15. The number of sulfonamides is 1. The molecule has 34 heavy (non-hydrogen) atoms. The van der Waals surface area contributed by atoms with Crippen molar-refractivity contribution >= 4 is 37.5 Å². The van der Waals surface area contributed by atoms with Crippen molar-refractivity contribution in [3.63, 3.8) is 0 Å². The zero-order valence-corrected chi connectivity index (χ0v) is 21.6. The molecule has 0 aliphatic carbocycles. The monoisotopic (exact) mass is 546 g/mol. The van der Waals surface area contributed by atoms with E-state index in [-0.39, 0.29) is 10.9 Å². The highest BCUT2D eigenvalue weighted by atomic mass is 79.9. The third kappa shape index (κ3) is 6.09. The molecular weight excluding hydrogens is 520 g/mol. The lowest BCUT2D eigenvalue weighted by atomic mass is 10.1. The Labute approximate surface area is 208 Å².